The van der Waals surface area contributed by atoms with Crippen LogP contribution in [0.25, 0.3) is 0 Å². The summed E-state index contributed by atoms with van der Waals surface area (Å²) in [5.74, 6) is -0.0283. The van der Waals surface area contributed by atoms with E-state index in [0.29, 0.717) is 15.6 Å². The van der Waals surface area contributed by atoms with Gasteiger partial charge in [-0.15, -0.1) is 0 Å². The molecular formula is C23H16BrCl3F4N2O2. The summed E-state index contributed by atoms with van der Waals surface area (Å²) >= 11 is 21.2. The molecule has 12 heteroatoms. The third-order valence-electron chi connectivity index (χ3n) is 6.54. The molecule has 1 unspecified atom stereocenters. The Morgan fingerprint density at radius 3 is 2.29 bits per heavy atom. The van der Waals surface area contributed by atoms with Crippen LogP contribution in [-0.2, 0) is 20.9 Å². The van der Waals surface area contributed by atoms with Crippen LogP contribution in [0, 0.1) is 5.92 Å². The first-order valence-corrected chi connectivity index (χ1v) is 12.5. The summed E-state index contributed by atoms with van der Waals surface area (Å²) in [7, 11) is 0. The van der Waals surface area contributed by atoms with Gasteiger partial charge in [0.25, 0.3) is 5.60 Å². The molecule has 5 rings (SSSR count). The van der Waals surface area contributed by atoms with E-state index in [2.05, 4.69) is 21.1 Å². The maximum Gasteiger partial charge on any atom is 0.435 e. The zero-order valence-corrected chi connectivity index (χ0v) is 21.6. The number of carbonyl (C=O) groups is 1. The third-order valence-corrected chi connectivity index (χ3v) is 8.40. The summed E-state index contributed by atoms with van der Waals surface area (Å²) in [5, 5.41) is 3.36. The van der Waals surface area contributed by atoms with Gasteiger partial charge in [0.2, 0.25) is 5.91 Å². The average molecular weight is 615 g/mol. The van der Waals surface area contributed by atoms with Crippen molar-refractivity contribution in [2.45, 2.75) is 36.7 Å². The maximum absolute atomic E-state index is 15.4. The molecule has 2 aliphatic heterocycles. The number of rotatable bonds is 4. The standard InChI is InChI=1S/C23H16BrCl3F4N2O2/c24-15-5-12(3-4-14(15)21(28)9-33(10-21)20(34)11-1-2-11)18-8-22(35-32-18,23(29,30)31)13-6-16(25)19(27)17(26)7-13/h3-7,11H,1-2,8-10H2. The lowest BCUT2D eigenvalue weighted by Gasteiger charge is -2.45. The largest absolute Gasteiger partial charge is 0.435 e. The van der Waals surface area contributed by atoms with Crippen LogP contribution in [0.3, 0.4) is 0 Å². The van der Waals surface area contributed by atoms with Crippen molar-refractivity contribution in [1.29, 1.82) is 0 Å². The average Bonchev–Trinajstić information content (AvgIpc) is 3.51. The number of halogens is 8. The number of hydrogen-bond donors (Lipinski definition) is 0. The normalized spacial score (nSPS) is 23.5. The van der Waals surface area contributed by atoms with Crippen molar-refractivity contribution in [1.82, 2.24) is 4.90 Å². The Bertz CT molecular complexity index is 1240. The second-order valence-electron chi connectivity index (χ2n) is 9.01. The molecule has 2 aromatic carbocycles. The maximum atomic E-state index is 15.4. The molecule has 0 radical (unpaired) electrons. The van der Waals surface area contributed by atoms with Crippen molar-refractivity contribution < 1.29 is 27.2 Å². The Labute approximate surface area is 221 Å². The number of amides is 1. The predicted molar refractivity (Wildman–Crippen MR) is 128 cm³/mol. The smallest absolute Gasteiger partial charge is 0.374 e. The minimum absolute atomic E-state index is 0.00467. The fourth-order valence-corrected chi connectivity index (χ4v) is 5.71. The molecule has 2 aromatic rings. The van der Waals surface area contributed by atoms with Crippen LogP contribution in [-0.4, -0.2) is 35.8 Å². The van der Waals surface area contributed by atoms with Crippen molar-refractivity contribution in [3.8, 4) is 0 Å². The van der Waals surface area contributed by atoms with Crippen molar-refractivity contribution in [2.75, 3.05) is 13.1 Å². The van der Waals surface area contributed by atoms with E-state index in [0.717, 1.165) is 25.0 Å². The van der Waals surface area contributed by atoms with Crippen LogP contribution in [0.1, 0.15) is 36.0 Å². The number of benzene rings is 2. The second-order valence-corrected chi connectivity index (χ2v) is 11.1. The van der Waals surface area contributed by atoms with Crippen molar-refractivity contribution in [2.24, 2.45) is 11.1 Å². The zero-order chi connectivity index (χ0) is 25.3. The van der Waals surface area contributed by atoms with Crippen LogP contribution < -0.4 is 0 Å². The topological polar surface area (TPSA) is 41.9 Å². The van der Waals surface area contributed by atoms with Gasteiger partial charge in [0.1, 0.15) is 0 Å². The molecule has 0 spiro atoms. The lowest BCUT2D eigenvalue weighted by Crippen LogP contribution is -2.59. The van der Waals surface area contributed by atoms with E-state index in [1.165, 1.54) is 23.1 Å². The highest BCUT2D eigenvalue weighted by Gasteiger charge is 2.62. The van der Waals surface area contributed by atoms with Crippen molar-refractivity contribution in [3.63, 3.8) is 0 Å². The zero-order valence-electron chi connectivity index (χ0n) is 17.7. The molecule has 3 aliphatic rings. The highest BCUT2D eigenvalue weighted by molar-refractivity contribution is 9.10. The first-order valence-electron chi connectivity index (χ1n) is 10.6. The molecule has 0 bridgehead atoms. The summed E-state index contributed by atoms with van der Waals surface area (Å²) in [6.07, 6.45) is -3.83. The summed E-state index contributed by atoms with van der Waals surface area (Å²) in [4.78, 5) is 18.6. The van der Waals surface area contributed by atoms with Crippen molar-refractivity contribution in [3.05, 3.63) is 66.6 Å². The van der Waals surface area contributed by atoms with E-state index in [1.54, 1.807) is 0 Å². The fourth-order valence-electron chi connectivity index (χ4n) is 4.38. The number of carbonyl (C=O) groups excluding carboxylic acids is 1. The molecule has 2 fully saturated rings. The van der Waals surface area contributed by atoms with E-state index in [4.69, 9.17) is 39.6 Å². The highest BCUT2D eigenvalue weighted by Crippen LogP contribution is 2.51. The summed E-state index contributed by atoms with van der Waals surface area (Å²) in [5.41, 5.74) is -4.22. The van der Waals surface area contributed by atoms with Crippen LogP contribution in [0.2, 0.25) is 15.1 Å². The molecule has 0 aromatic heterocycles. The van der Waals surface area contributed by atoms with Crippen LogP contribution in [0.15, 0.2) is 40.0 Å². The van der Waals surface area contributed by atoms with Gasteiger partial charge in [0, 0.05) is 33.5 Å². The Kier molecular flexibility index (Phi) is 6.10. The summed E-state index contributed by atoms with van der Waals surface area (Å²) in [6.45, 7) is -0.112. The van der Waals surface area contributed by atoms with Gasteiger partial charge in [-0.3, -0.25) is 4.79 Å². The number of hydrogen-bond acceptors (Lipinski definition) is 3. The van der Waals surface area contributed by atoms with Gasteiger partial charge in [0.05, 0.1) is 33.9 Å². The molecular weight excluding hydrogens is 599 g/mol. The van der Waals surface area contributed by atoms with Crippen molar-refractivity contribution >= 4 is 62.4 Å². The monoisotopic (exact) mass is 612 g/mol. The lowest BCUT2D eigenvalue weighted by atomic mass is 9.84. The third kappa shape index (κ3) is 4.22. The SMILES string of the molecule is O=C(C1CC1)N1CC(F)(c2ccc(C3=NOC(c4cc(Cl)c(Cl)c(Cl)c4)(C(F)(F)F)C3)cc2Br)C1. The molecule has 1 saturated heterocycles. The minimum Gasteiger partial charge on any atom is -0.374 e. The van der Waals surface area contributed by atoms with E-state index < -0.39 is 23.9 Å². The minimum atomic E-state index is -4.86. The van der Waals surface area contributed by atoms with Gasteiger partial charge in [0.15, 0.2) is 5.67 Å². The first kappa shape index (κ1) is 25.1. The molecule has 4 nitrogen and oxygen atoms in total. The van der Waals surface area contributed by atoms with Gasteiger partial charge in [-0.25, -0.2) is 4.39 Å². The lowest BCUT2D eigenvalue weighted by molar-refractivity contribution is -0.275. The van der Waals surface area contributed by atoms with Crippen LogP contribution >= 0.6 is 50.7 Å². The van der Waals surface area contributed by atoms with Crippen LogP contribution in [0.5, 0.6) is 0 Å². The van der Waals surface area contributed by atoms with Gasteiger partial charge in [-0.2, -0.15) is 13.2 Å². The van der Waals surface area contributed by atoms with E-state index in [1.807, 2.05) is 0 Å². The van der Waals surface area contributed by atoms with E-state index in [-0.39, 0.29) is 51.3 Å². The number of alkyl halides is 4. The second kappa shape index (κ2) is 8.50. The molecule has 1 saturated carbocycles. The van der Waals surface area contributed by atoms with E-state index in [9.17, 15) is 18.0 Å². The molecule has 35 heavy (non-hydrogen) atoms. The van der Waals surface area contributed by atoms with Gasteiger partial charge >= 0.3 is 6.18 Å². The first-order chi connectivity index (χ1) is 16.3. The number of oxime groups is 1. The van der Waals surface area contributed by atoms with Crippen LogP contribution in [0.4, 0.5) is 17.6 Å². The quantitative estimate of drug-likeness (QED) is 0.266. The Morgan fingerprint density at radius 1 is 1.11 bits per heavy atom. The molecule has 186 valence electrons. The van der Waals surface area contributed by atoms with Gasteiger partial charge < -0.3 is 9.74 Å². The summed E-state index contributed by atoms with van der Waals surface area (Å²) < 4.78 is 58.6. The molecule has 0 N–H and O–H groups in total. The number of nitrogens with zero attached hydrogens (tertiary/aromatic N) is 2. The summed E-state index contributed by atoms with van der Waals surface area (Å²) in [6, 6.07) is 6.59. The Morgan fingerprint density at radius 2 is 1.74 bits per heavy atom. The molecule has 1 aliphatic carbocycles. The Balaban J connectivity index is 1.39. The van der Waals surface area contributed by atoms with E-state index >= 15 is 4.39 Å². The Hall–Kier alpha value is -1.55. The predicted octanol–water partition coefficient (Wildman–Crippen LogP) is 7.41. The van der Waals surface area contributed by atoms with Gasteiger partial charge in [-0.05, 0) is 31.0 Å². The van der Waals surface area contributed by atoms with Gasteiger partial charge in [-0.1, -0.05) is 68.0 Å². The molecule has 1 amide bonds. The highest BCUT2D eigenvalue weighted by atomic mass is 79.9. The molecule has 2 heterocycles. The fraction of sp³-hybridized carbons (Fsp3) is 0.391. The number of likely N-dealkylation sites (tertiary alicyclic amines) is 1. The molecule has 1 atom stereocenters.